The van der Waals surface area contributed by atoms with Crippen LogP contribution < -0.4 is 0 Å². The highest BCUT2D eigenvalue weighted by molar-refractivity contribution is 5.05. The predicted octanol–water partition coefficient (Wildman–Crippen LogP) is 3.79. The third-order valence-electron chi connectivity index (χ3n) is 5.26. The minimum atomic E-state index is 0.564. The number of fused-ring (bicyclic) bond motifs is 2. The molecule has 0 saturated heterocycles. The zero-order chi connectivity index (χ0) is 11.0. The van der Waals surface area contributed by atoms with E-state index in [4.69, 9.17) is 4.74 Å². The molecule has 0 heterocycles. The molecule has 0 aromatic rings. The fraction of sp³-hybridized carbons (Fsp3) is 0.867. The van der Waals surface area contributed by atoms with Gasteiger partial charge in [-0.2, -0.15) is 0 Å². The Labute approximate surface area is 99.3 Å². The molecule has 0 aromatic carbocycles. The molecule has 0 amide bonds. The zero-order valence-corrected chi connectivity index (χ0v) is 10.4. The number of ether oxygens (including phenoxy) is 1. The van der Waals surface area contributed by atoms with Gasteiger partial charge in [0, 0.05) is 7.11 Å². The first-order chi connectivity index (χ1) is 7.90. The average Bonchev–Trinajstić information content (AvgIpc) is 2.36. The molecule has 3 aliphatic carbocycles. The van der Waals surface area contributed by atoms with Gasteiger partial charge >= 0.3 is 0 Å². The maximum atomic E-state index is 5.90. The highest BCUT2D eigenvalue weighted by atomic mass is 16.5. The number of allylic oxidation sites excluding steroid dienone is 2. The van der Waals surface area contributed by atoms with Gasteiger partial charge in [-0.25, -0.2) is 0 Å². The summed E-state index contributed by atoms with van der Waals surface area (Å²) in [5.41, 5.74) is 0. The molecule has 16 heavy (non-hydrogen) atoms. The average molecular weight is 220 g/mol. The van der Waals surface area contributed by atoms with E-state index in [9.17, 15) is 0 Å². The molecule has 90 valence electrons. The van der Waals surface area contributed by atoms with Gasteiger partial charge in [0.05, 0.1) is 6.10 Å². The van der Waals surface area contributed by atoms with Gasteiger partial charge in [-0.05, 0) is 49.4 Å². The summed E-state index contributed by atoms with van der Waals surface area (Å²) in [5.74, 6) is 3.50. The molecule has 3 rings (SSSR count). The Balaban J connectivity index is 1.83. The van der Waals surface area contributed by atoms with Crippen molar-refractivity contribution in [2.45, 2.75) is 51.0 Å². The van der Waals surface area contributed by atoms with Gasteiger partial charge in [-0.15, -0.1) is 0 Å². The molecule has 0 aromatic heterocycles. The molecule has 1 heteroatoms. The lowest BCUT2D eigenvalue weighted by atomic mass is 9.60. The summed E-state index contributed by atoms with van der Waals surface area (Å²) in [6.45, 7) is 0. The molecule has 0 spiro atoms. The molecular weight excluding hydrogens is 196 g/mol. The van der Waals surface area contributed by atoms with E-state index in [0.29, 0.717) is 6.10 Å². The summed E-state index contributed by atoms with van der Waals surface area (Å²) in [4.78, 5) is 0. The first-order valence-corrected chi connectivity index (χ1v) is 7.09. The van der Waals surface area contributed by atoms with Crippen molar-refractivity contribution in [2.24, 2.45) is 23.7 Å². The summed E-state index contributed by atoms with van der Waals surface area (Å²) in [6.07, 6.45) is 15.3. The molecule has 2 fully saturated rings. The number of hydrogen-bond donors (Lipinski definition) is 0. The largest absolute Gasteiger partial charge is 0.381 e. The van der Waals surface area contributed by atoms with Crippen molar-refractivity contribution in [3.8, 4) is 0 Å². The molecule has 0 aliphatic heterocycles. The van der Waals surface area contributed by atoms with Gasteiger partial charge in [0.15, 0.2) is 0 Å². The van der Waals surface area contributed by atoms with E-state index >= 15 is 0 Å². The van der Waals surface area contributed by atoms with Crippen molar-refractivity contribution >= 4 is 0 Å². The summed E-state index contributed by atoms with van der Waals surface area (Å²) < 4.78 is 5.90. The van der Waals surface area contributed by atoms with Crippen molar-refractivity contribution in [3.63, 3.8) is 0 Å². The third-order valence-corrected chi connectivity index (χ3v) is 5.26. The normalized spacial score (nSPS) is 47.2. The van der Waals surface area contributed by atoms with Crippen LogP contribution in [0.15, 0.2) is 12.2 Å². The first-order valence-electron chi connectivity index (χ1n) is 7.09. The SMILES string of the molecule is COC1C2CCC=CC2CC2CCCCC21. The van der Waals surface area contributed by atoms with Gasteiger partial charge in [0.2, 0.25) is 0 Å². The predicted molar refractivity (Wildman–Crippen MR) is 66.2 cm³/mol. The Morgan fingerprint density at radius 3 is 2.81 bits per heavy atom. The number of rotatable bonds is 1. The van der Waals surface area contributed by atoms with Crippen LogP contribution in [0.4, 0.5) is 0 Å². The number of methoxy groups -OCH3 is 1. The quantitative estimate of drug-likeness (QED) is 0.611. The van der Waals surface area contributed by atoms with Gasteiger partial charge < -0.3 is 4.74 Å². The van der Waals surface area contributed by atoms with Crippen molar-refractivity contribution in [1.29, 1.82) is 0 Å². The lowest BCUT2D eigenvalue weighted by Crippen LogP contribution is -2.46. The molecular formula is C15H24O. The molecule has 2 saturated carbocycles. The molecule has 0 N–H and O–H groups in total. The third kappa shape index (κ3) is 1.73. The maximum absolute atomic E-state index is 5.90. The fourth-order valence-electron chi connectivity index (χ4n) is 4.56. The molecule has 5 atom stereocenters. The van der Waals surface area contributed by atoms with Crippen LogP contribution in [0.5, 0.6) is 0 Å². The van der Waals surface area contributed by atoms with E-state index in [1.165, 1.54) is 44.9 Å². The summed E-state index contributed by atoms with van der Waals surface area (Å²) in [7, 11) is 1.94. The second-order valence-electron chi connectivity index (χ2n) is 5.98. The Morgan fingerprint density at radius 2 is 1.94 bits per heavy atom. The van der Waals surface area contributed by atoms with Gasteiger partial charge in [0.1, 0.15) is 0 Å². The van der Waals surface area contributed by atoms with Crippen LogP contribution >= 0.6 is 0 Å². The smallest absolute Gasteiger partial charge is 0.0636 e. The van der Waals surface area contributed by atoms with Gasteiger partial charge in [0.25, 0.3) is 0 Å². The van der Waals surface area contributed by atoms with Crippen LogP contribution in [0.1, 0.15) is 44.9 Å². The Morgan fingerprint density at radius 1 is 1.06 bits per heavy atom. The van der Waals surface area contributed by atoms with Crippen molar-refractivity contribution in [1.82, 2.24) is 0 Å². The Bertz CT molecular complexity index is 271. The van der Waals surface area contributed by atoms with Gasteiger partial charge in [-0.3, -0.25) is 0 Å². The molecule has 0 bridgehead atoms. The monoisotopic (exact) mass is 220 g/mol. The van der Waals surface area contributed by atoms with Crippen LogP contribution in [0.25, 0.3) is 0 Å². The topological polar surface area (TPSA) is 9.23 Å². The van der Waals surface area contributed by atoms with Crippen LogP contribution in [0, 0.1) is 23.7 Å². The van der Waals surface area contributed by atoms with E-state index in [-0.39, 0.29) is 0 Å². The zero-order valence-electron chi connectivity index (χ0n) is 10.4. The minimum Gasteiger partial charge on any atom is -0.381 e. The second-order valence-corrected chi connectivity index (χ2v) is 5.98. The molecule has 1 nitrogen and oxygen atoms in total. The summed E-state index contributed by atoms with van der Waals surface area (Å²) in [6, 6.07) is 0. The standard InChI is InChI=1S/C15H24O/c1-16-15-13-8-4-2-6-11(13)10-12-7-3-5-9-14(12)15/h2,6,11-15H,3-5,7-10H2,1H3. The van der Waals surface area contributed by atoms with Crippen LogP contribution in [0.3, 0.4) is 0 Å². The van der Waals surface area contributed by atoms with E-state index < -0.39 is 0 Å². The van der Waals surface area contributed by atoms with E-state index in [0.717, 1.165) is 23.7 Å². The minimum absolute atomic E-state index is 0.564. The van der Waals surface area contributed by atoms with Crippen molar-refractivity contribution in [2.75, 3.05) is 7.11 Å². The fourth-order valence-corrected chi connectivity index (χ4v) is 4.56. The van der Waals surface area contributed by atoms with Gasteiger partial charge in [-0.1, -0.05) is 31.4 Å². The first kappa shape index (κ1) is 10.8. The number of hydrogen-bond acceptors (Lipinski definition) is 1. The Kier molecular flexibility index (Phi) is 3.06. The molecule has 5 unspecified atom stereocenters. The Hall–Kier alpha value is -0.300. The highest BCUT2D eigenvalue weighted by Crippen LogP contribution is 2.49. The van der Waals surface area contributed by atoms with Crippen LogP contribution in [-0.2, 0) is 4.74 Å². The summed E-state index contributed by atoms with van der Waals surface area (Å²) >= 11 is 0. The molecule has 0 radical (unpaired) electrons. The van der Waals surface area contributed by atoms with Crippen LogP contribution in [0.2, 0.25) is 0 Å². The van der Waals surface area contributed by atoms with E-state index in [2.05, 4.69) is 12.2 Å². The maximum Gasteiger partial charge on any atom is 0.0636 e. The van der Waals surface area contributed by atoms with E-state index in [1.54, 1.807) is 0 Å². The lowest BCUT2D eigenvalue weighted by molar-refractivity contribution is -0.0794. The summed E-state index contributed by atoms with van der Waals surface area (Å²) in [5, 5.41) is 0. The van der Waals surface area contributed by atoms with Crippen molar-refractivity contribution < 1.29 is 4.74 Å². The van der Waals surface area contributed by atoms with E-state index in [1.807, 2.05) is 7.11 Å². The highest BCUT2D eigenvalue weighted by Gasteiger charge is 2.44. The van der Waals surface area contributed by atoms with Crippen molar-refractivity contribution in [3.05, 3.63) is 12.2 Å². The van der Waals surface area contributed by atoms with Crippen LogP contribution in [-0.4, -0.2) is 13.2 Å². The molecule has 3 aliphatic rings. The lowest BCUT2D eigenvalue weighted by Gasteiger charge is -2.49. The second kappa shape index (κ2) is 4.52.